The third-order valence-corrected chi connectivity index (χ3v) is 8.88. The topological polar surface area (TPSA) is 123 Å². The van der Waals surface area contributed by atoms with E-state index in [0.29, 0.717) is 28.1 Å². The average molecular weight is 551 g/mol. The van der Waals surface area contributed by atoms with Crippen LogP contribution < -0.4 is 5.76 Å². The number of aromatic nitrogens is 6. The number of aryl methyl sites for hydroxylation is 1. The van der Waals surface area contributed by atoms with E-state index >= 15 is 0 Å². The van der Waals surface area contributed by atoms with Gasteiger partial charge in [0.15, 0.2) is 5.65 Å². The van der Waals surface area contributed by atoms with Gasteiger partial charge in [-0.3, -0.25) is 9.51 Å². The number of benzene rings is 1. The van der Waals surface area contributed by atoms with Gasteiger partial charge in [-0.15, -0.1) is 0 Å². The van der Waals surface area contributed by atoms with E-state index < -0.39 is 11.9 Å². The zero-order valence-corrected chi connectivity index (χ0v) is 23.0. The van der Waals surface area contributed by atoms with Gasteiger partial charge in [0.1, 0.15) is 23.1 Å². The number of aliphatic hydroxyl groups excluding tert-OH is 1. The van der Waals surface area contributed by atoms with Crippen molar-refractivity contribution in [3.05, 3.63) is 45.7 Å². The van der Waals surface area contributed by atoms with Crippen LogP contribution in [0.5, 0.6) is 0 Å². The van der Waals surface area contributed by atoms with Crippen molar-refractivity contribution in [2.75, 3.05) is 0 Å². The van der Waals surface area contributed by atoms with Crippen LogP contribution in [0.1, 0.15) is 83.1 Å². The van der Waals surface area contributed by atoms with Crippen LogP contribution in [0.3, 0.4) is 0 Å². The predicted octanol–water partition coefficient (Wildman–Crippen LogP) is 6.32. The number of nitrogens with zero attached hydrogens (tertiary/aromatic N) is 5. The summed E-state index contributed by atoms with van der Waals surface area (Å²) in [5.74, 6) is 1.90. The number of aliphatic hydroxyl groups is 1. The molecule has 2 aliphatic carbocycles. The molecule has 0 aliphatic heterocycles. The van der Waals surface area contributed by atoms with E-state index in [4.69, 9.17) is 31.1 Å². The summed E-state index contributed by atoms with van der Waals surface area (Å²) in [6.45, 7) is 3.07. The highest BCUT2D eigenvalue weighted by atomic mass is 35.5. The highest BCUT2D eigenvalue weighted by molar-refractivity contribution is 6.30. The van der Waals surface area contributed by atoms with E-state index in [-0.39, 0.29) is 17.6 Å². The normalized spacial score (nSPS) is 21.4. The second kappa shape index (κ2) is 11.2. The molecule has 3 aromatic heterocycles. The van der Waals surface area contributed by atoms with E-state index in [0.717, 1.165) is 55.6 Å². The molecule has 2 saturated carbocycles. The molecule has 0 spiro atoms. The van der Waals surface area contributed by atoms with Crippen LogP contribution in [-0.4, -0.2) is 34.8 Å². The number of hydrogen-bond donors (Lipinski definition) is 2. The smallest absolute Gasteiger partial charge is 0.385 e. The Morgan fingerprint density at radius 1 is 1.10 bits per heavy atom. The first-order valence-electron chi connectivity index (χ1n) is 14.2. The fraction of sp³-hybridized carbons (Fsp3) is 0.552. The summed E-state index contributed by atoms with van der Waals surface area (Å²) >= 11 is 6.40. The molecule has 0 radical (unpaired) electrons. The molecule has 0 bridgehead atoms. The Morgan fingerprint density at radius 2 is 1.90 bits per heavy atom. The Balaban J connectivity index is 1.50. The molecule has 1 atom stereocenters. The molecule has 1 aromatic carbocycles. The minimum Gasteiger partial charge on any atom is -0.385 e. The van der Waals surface area contributed by atoms with Crippen LogP contribution in [0, 0.1) is 17.8 Å². The molecule has 3 heterocycles. The summed E-state index contributed by atoms with van der Waals surface area (Å²) < 4.78 is 6.88. The Hall–Kier alpha value is -3.04. The van der Waals surface area contributed by atoms with Gasteiger partial charge in [-0.25, -0.2) is 19.7 Å². The minimum atomic E-state index is -0.687. The van der Waals surface area contributed by atoms with E-state index in [1.165, 1.54) is 32.1 Å². The number of imidazole rings is 1. The molecule has 1 unspecified atom stereocenters. The summed E-state index contributed by atoms with van der Waals surface area (Å²) in [5.41, 5.74) is 2.66. The van der Waals surface area contributed by atoms with Crippen molar-refractivity contribution in [1.29, 1.82) is 0 Å². The maximum absolute atomic E-state index is 11.7. The maximum atomic E-state index is 11.7. The molecule has 2 N–H and O–H groups in total. The highest BCUT2D eigenvalue weighted by Crippen LogP contribution is 2.38. The summed E-state index contributed by atoms with van der Waals surface area (Å²) in [7, 11) is 0. The summed E-state index contributed by atoms with van der Waals surface area (Å²) in [5, 5.41) is 16.1. The lowest BCUT2D eigenvalue weighted by molar-refractivity contribution is 0.0739. The molecule has 0 saturated heterocycles. The predicted molar refractivity (Wildman–Crippen MR) is 149 cm³/mol. The highest BCUT2D eigenvalue weighted by Gasteiger charge is 2.31. The summed E-state index contributed by atoms with van der Waals surface area (Å²) in [6, 6.07) is 7.50. The molecular weight excluding hydrogens is 516 g/mol. The van der Waals surface area contributed by atoms with E-state index in [2.05, 4.69) is 21.6 Å². The Kier molecular flexibility index (Phi) is 7.53. The van der Waals surface area contributed by atoms with Gasteiger partial charge >= 0.3 is 5.76 Å². The lowest BCUT2D eigenvalue weighted by Gasteiger charge is -2.28. The maximum Gasteiger partial charge on any atom is 0.439 e. The van der Waals surface area contributed by atoms with Gasteiger partial charge < -0.3 is 9.67 Å². The first-order valence-corrected chi connectivity index (χ1v) is 14.6. The average Bonchev–Trinajstić information content (AvgIpc) is 3.56. The monoisotopic (exact) mass is 550 g/mol. The fourth-order valence-corrected chi connectivity index (χ4v) is 6.55. The van der Waals surface area contributed by atoms with Crippen molar-refractivity contribution in [3.63, 3.8) is 0 Å². The van der Waals surface area contributed by atoms with Crippen molar-refractivity contribution >= 4 is 22.8 Å². The van der Waals surface area contributed by atoms with Crippen molar-refractivity contribution in [2.45, 2.75) is 83.8 Å². The summed E-state index contributed by atoms with van der Waals surface area (Å²) in [4.78, 5) is 28.7. The van der Waals surface area contributed by atoms with Gasteiger partial charge in [0, 0.05) is 17.1 Å². The molecule has 39 heavy (non-hydrogen) atoms. The van der Waals surface area contributed by atoms with Crippen molar-refractivity contribution < 1.29 is 9.63 Å². The largest absolute Gasteiger partial charge is 0.439 e. The quantitative estimate of drug-likeness (QED) is 0.276. The molecule has 206 valence electrons. The summed E-state index contributed by atoms with van der Waals surface area (Å²) in [6.07, 6.45) is 10.8. The van der Waals surface area contributed by atoms with Crippen LogP contribution in [0.25, 0.3) is 34.1 Å². The van der Waals surface area contributed by atoms with E-state index in [9.17, 15) is 9.90 Å². The van der Waals surface area contributed by atoms with Gasteiger partial charge in [-0.2, -0.15) is 0 Å². The number of H-pyrrole nitrogens is 1. The molecule has 4 aromatic rings. The zero-order valence-electron chi connectivity index (χ0n) is 22.3. The van der Waals surface area contributed by atoms with Crippen LogP contribution >= 0.6 is 11.6 Å². The van der Waals surface area contributed by atoms with Crippen LogP contribution in [0.15, 0.2) is 33.6 Å². The van der Waals surface area contributed by atoms with Gasteiger partial charge in [0.05, 0.1) is 0 Å². The first-order chi connectivity index (χ1) is 19.0. The number of rotatable bonds is 7. The van der Waals surface area contributed by atoms with Crippen LogP contribution in [0.2, 0.25) is 5.02 Å². The molecule has 9 nitrogen and oxygen atoms in total. The fourth-order valence-electron chi connectivity index (χ4n) is 6.36. The Labute approximate surface area is 232 Å². The van der Waals surface area contributed by atoms with E-state index in [1.54, 1.807) is 0 Å². The van der Waals surface area contributed by atoms with Crippen LogP contribution in [0.4, 0.5) is 0 Å². The SMILES string of the molecule is CC1CCC(CCn2c(C(O)C3CCCCC3)nc3nc(-c4noc(=O)[nH]4)nc(-c4cccc(Cl)c4)c32)CC1. The number of hydrogen-bond acceptors (Lipinski definition) is 7. The number of aromatic amines is 1. The molecule has 6 rings (SSSR count). The minimum absolute atomic E-state index is 0.130. The van der Waals surface area contributed by atoms with Crippen LogP contribution in [-0.2, 0) is 6.54 Å². The van der Waals surface area contributed by atoms with Gasteiger partial charge in [-0.05, 0) is 49.1 Å². The second-order valence-corrected chi connectivity index (χ2v) is 11.8. The Bertz CT molecular complexity index is 1500. The first kappa shape index (κ1) is 26.2. The van der Waals surface area contributed by atoms with Gasteiger partial charge in [0.25, 0.3) is 0 Å². The Morgan fingerprint density at radius 3 is 2.62 bits per heavy atom. The van der Waals surface area contributed by atoms with Gasteiger partial charge in [0.2, 0.25) is 11.6 Å². The molecule has 10 heteroatoms. The molecule has 2 fully saturated rings. The number of nitrogens with one attached hydrogen (secondary N) is 1. The third kappa shape index (κ3) is 5.52. The van der Waals surface area contributed by atoms with Crippen molar-refractivity contribution in [1.82, 2.24) is 29.7 Å². The lowest BCUT2D eigenvalue weighted by atomic mass is 9.81. The zero-order chi connectivity index (χ0) is 26.9. The third-order valence-electron chi connectivity index (χ3n) is 8.64. The molecular formula is C29H35ClN6O3. The van der Waals surface area contributed by atoms with Crippen molar-refractivity contribution in [2.24, 2.45) is 17.8 Å². The van der Waals surface area contributed by atoms with Crippen molar-refractivity contribution in [3.8, 4) is 22.9 Å². The standard InChI is InChI=1S/C29H35ClN6O3/c1-17-10-12-18(13-11-17)14-15-36-23-22(20-8-5-9-21(30)16-20)31-26(27-34-29(38)39-35-27)32-25(23)33-28(36)24(37)19-6-3-2-4-7-19/h5,8-9,16-19,24,37H,2-4,6-7,10-15H2,1H3,(H,34,35,38). The van der Waals surface area contributed by atoms with E-state index in [1.807, 2.05) is 24.3 Å². The second-order valence-electron chi connectivity index (χ2n) is 11.4. The molecule has 0 amide bonds. The van der Waals surface area contributed by atoms with Gasteiger partial charge in [-0.1, -0.05) is 80.8 Å². The number of halogens is 1. The number of fused-ring (bicyclic) bond motifs is 1. The molecule has 2 aliphatic rings. The lowest BCUT2D eigenvalue weighted by Crippen LogP contribution is -2.21.